The largest absolute Gasteiger partial charge is 0.461 e. The normalized spacial score (nSPS) is 26.4. The number of benzene rings is 1. The van der Waals surface area contributed by atoms with Crippen molar-refractivity contribution >= 4 is 31.3 Å². The molecule has 0 amide bonds. The predicted octanol–water partition coefficient (Wildman–Crippen LogP) is 3.20. The second-order valence-corrected chi connectivity index (χ2v) is 12.3. The first-order chi connectivity index (χ1) is 18.1. The Morgan fingerprint density at radius 1 is 1.29 bits per heavy atom. The topological polar surface area (TPSA) is 155 Å². The molecular formula is C24H32FN4O7PS. The Morgan fingerprint density at radius 3 is 2.68 bits per heavy atom. The molecule has 4 N–H and O–H groups in total. The summed E-state index contributed by atoms with van der Waals surface area (Å²) in [6.07, 6.45) is 2.37. The number of para-hydroxylation sites is 1. The zero-order valence-electron chi connectivity index (χ0n) is 20.9. The van der Waals surface area contributed by atoms with Crippen LogP contribution in [0.15, 0.2) is 47.4 Å². The SMILES string of the molecule is C[C@H](NP(=O)(OC[C@H]1SC(n2ccc(N)nc2=O)[C@@H](F)[C@@H]1O)Oc1ccccc1)C(=O)OC1CCCCC1. The van der Waals surface area contributed by atoms with E-state index >= 15 is 0 Å². The molecule has 38 heavy (non-hydrogen) atoms. The van der Waals surface area contributed by atoms with Crippen LogP contribution >= 0.6 is 19.5 Å². The summed E-state index contributed by atoms with van der Waals surface area (Å²) in [5, 5.41) is 11.1. The number of rotatable bonds is 10. The van der Waals surface area contributed by atoms with E-state index in [2.05, 4.69) is 10.1 Å². The molecule has 0 radical (unpaired) electrons. The van der Waals surface area contributed by atoms with E-state index in [1.165, 1.54) is 19.2 Å². The number of nitrogens with one attached hydrogen (secondary N) is 1. The number of alkyl halides is 1. The molecule has 208 valence electrons. The Kier molecular flexibility index (Phi) is 9.48. The van der Waals surface area contributed by atoms with Gasteiger partial charge in [-0.25, -0.2) is 13.8 Å². The number of aromatic nitrogens is 2. The Hall–Kier alpha value is -2.44. The van der Waals surface area contributed by atoms with Crippen LogP contribution in [0.2, 0.25) is 0 Å². The number of hydrogen-bond donors (Lipinski definition) is 3. The summed E-state index contributed by atoms with van der Waals surface area (Å²) >= 11 is 0.932. The van der Waals surface area contributed by atoms with Crippen LogP contribution in [0, 0.1) is 0 Å². The molecule has 1 aliphatic carbocycles. The van der Waals surface area contributed by atoms with Crippen molar-refractivity contribution in [2.24, 2.45) is 0 Å². The van der Waals surface area contributed by atoms with Crippen molar-refractivity contribution in [3.05, 3.63) is 53.1 Å². The molecule has 6 atom stereocenters. The number of carbonyl (C=O) groups is 1. The van der Waals surface area contributed by atoms with Crippen molar-refractivity contribution < 1.29 is 32.6 Å². The number of aliphatic hydroxyl groups excluding tert-OH is 1. The number of nitrogen functional groups attached to an aromatic ring is 1. The molecule has 2 heterocycles. The zero-order valence-corrected chi connectivity index (χ0v) is 22.6. The number of carbonyl (C=O) groups excluding carboxylic acids is 1. The molecule has 2 fully saturated rings. The number of hydrogen-bond acceptors (Lipinski definition) is 10. The number of aliphatic hydroxyl groups is 1. The van der Waals surface area contributed by atoms with Crippen LogP contribution in [0.1, 0.15) is 44.4 Å². The third kappa shape index (κ3) is 7.15. The van der Waals surface area contributed by atoms with Crippen LogP contribution < -0.4 is 21.0 Å². The summed E-state index contributed by atoms with van der Waals surface area (Å²) in [7, 11) is -4.21. The van der Waals surface area contributed by atoms with Gasteiger partial charge in [0, 0.05) is 6.20 Å². The highest BCUT2D eigenvalue weighted by Crippen LogP contribution is 2.49. The lowest BCUT2D eigenvalue weighted by molar-refractivity contribution is -0.152. The van der Waals surface area contributed by atoms with Gasteiger partial charge in [-0.15, -0.1) is 11.8 Å². The van der Waals surface area contributed by atoms with Gasteiger partial charge in [0.1, 0.15) is 35.2 Å². The first-order valence-electron chi connectivity index (χ1n) is 12.4. The molecule has 1 aliphatic heterocycles. The van der Waals surface area contributed by atoms with Crippen LogP contribution in [-0.4, -0.2) is 56.9 Å². The maximum Gasteiger partial charge on any atom is 0.459 e. The van der Waals surface area contributed by atoms with Gasteiger partial charge in [-0.3, -0.25) is 13.9 Å². The highest BCUT2D eigenvalue weighted by atomic mass is 32.2. The van der Waals surface area contributed by atoms with Crippen molar-refractivity contribution in [2.45, 2.75) is 74.1 Å². The maximum atomic E-state index is 15.0. The first-order valence-corrected chi connectivity index (χ1v) is 14.9. The van der Waals surface area contributed by atoms with Crippen molar-refractivity contribution in [2.75, 3.05) is 12.3 Å². The van der Waals surface area contributed by atoms with E-state index in [1.54, 1.807) is 30.3 Å². The van der Waals surface area contributed by atoms with Gasteiger partial charge in [-0.05, 0) is 50.8 Å². The summed E-state index contributed by atoms with van der Waals surface area (Å²) in [5.41, 5.74) is 4.75. The number of anilines is 1. The van der Waals surface area contributed by atoms with Crippen LogP contribution in [0.25, 0.3) is 0 Å². The smallest absolute Gasteiger partial charge is 0.459 e. The minimum atomic E-state index is -4.21. The van der Waals surface area contributed by atoms with Crippen molar-refractivity contribution in [3.8, 4) is 5.75 Å². The summed E-state index contributed by atoms with van der Waals surface area (Å²) in [5.74, 6) is -0.380. The number of halogens is 1. The third-order valence-corrected chi connectivity index (χ3v) is 9.51. The second kappa shape index (κ2) is 12.6. The van der Waals surface area contributed by atoms with Crippen LogP contribution in [-0.2, 0) is 18.6 Å². The van der Waals surface area contributed by atoms with Gasteiger partial charge in [0.15, 0.2) is 6.17 Å². The second-order valence-electron chi connectivity index (χ2n) is 9.29. The fourth-order valence-electron chi connectivity index (χ4n) is 4.31. The van der Waals surface area contributed by atoms with Gasteiger partial charge < -0.3 is 20.1 Å². The molecule has 0 spiro atoms. The average molecular weight is 571 g/mol. The molecule has 2 unspecified atom stereocenters. The van der Waals surface area contributed by atoms with Crippen molar-refractivity contribution in [3.63, 3.8) is 0 Å². The fourth-order valence-corrected chi connectivity index (χ4v) is 7.34. The van der Waals surface area contributed by atoms with E-state index in [0.717, 1.165) is 48.4 Å². The van der Waals surface area contributed by atoms with E-state index in [1.807, 2.05) is 0 Å². The number of nitrogens with two attached hydrogens (primary N) is 1. The van der Waals surface area contributed by atoms with E-state index in [9.17, 15) is 23.7 Å². The summed E-state index contributed by atoms with van der Waals surface area (Å²) in [4.78, 5) is 28.5. The Balaban J connectivity index is 1.45. The molecule has 2 aliphatic rings. The van der Waals surface area contributed by atoms with E-state index in [0.29, 0.717) is 0 Å². The molecular weight excluding hydrogens is 538 g/mol. The molecule has 14 heteroatoms. The van der Waals surface area contributed by atoms with Gasteiger partial charge >= 0.3 is 19.4 Å². The quantitative estimate of drug-likeness (QED) is 0.285. The lowest BCUT2D eigenvalue weighted by Crippen LogP contribution is -2.38. The zero-order chi connectivity index (χ0) is 27.3. The first kappa shape index (κ1) is 28.6. The maximum absolute atomic E-state index is 15.0. The van der Waals surface area contributed by atoms with Gasteiger partial charge in [0.2, 0.25) is 0 Å². The Morgan fingerprint density at radius 2 is 2.00 bits per heavy atom. The highest BCUT2D eigenvalue weighted by Gasteiger charge is 2.46. The number of nitrogens with zero attached hydrogens (tertiary/aromatic N) is 2. The monoisotopic (exact) mass is 570 g/mol. The average Bonchev–Trinajstić information content (AvgIpc) is 3.17. The minimum absolute atomic E-state index is 0.00806. The molecule has 1 aromatic heterocycles. The van der Waals surface area contributed by atoms with E-state index < -0.39 is 55.0 Å². The lowest BCUT2D eigenvalue weighted by atomic mass is 9.98. The van der Waals surface area contributed by atoms with E-state index in [4.69, 9.17) is 19.5 Å². The molecule has 1 saturated carbocycles. The summed E-state index contributed by atoms with van der Waals surface area (Å²) in [6.45, 7) is 1.09. The minimum Gasteiger partial charge on any atom is -0.461 e. The number of esters is 1. The molecule has 0 bridgehead atoms. The molecule has 1 saturated heterocycles. The van der Waals surface area contributed by atoms with Crippen molar-refractivity contribution in [1.29, 1.82) is 0 Å². The highest BCUT2D eigenvalue weighted by molar-refractivity contribution is 8.00. The standard InChI is InChI=1S/C24H32FN4O7PS/c1-15(23(31)35-16-8-4-2-5-9-16)28-37(33,36-17-10-6-3-7-11-17)34-14-18-21(30)20(25)22(38-18)29-13-12-19(26)27-24(29)32/h3,6-7,10-13,15-16,18,20-22,30H,2,4-5,8-9,14H2,1H3,(H,28,33)(H2,26,27,32)/t15-,18+,20-,21+,22?,37?/m0/s1. The van der Waals surface area contributed by atoms with E-state index in [-0.39, 0.29) is 17.7 Å². The summed E-state index contributed by atoms with van der Waals surface area (Å²) in [6, 6.07) is 8.54. The van der Waals surface area contributed by atoms with Crippen molar-refractivity contribution in [1.82, 2.24) is 14.6 Å². The van der Waals surface area contributed by atoms with Gasteiger partial charge in [0.25, 0.3) is 0 Å². The predicted molar refractivity (Wildman–Crippen MR) is 140 cm³/mol. The lowest BCUT2D eigenvalue weighted by Gasteiger charge is -2.26. The number of ether oxygens (including phenoxy) is 1. The van der Waals surface area contributed by atoms with Crippen LogP contribution in [0.4, 0.5) is 10.2 Å². The summed E-state index contributed by atoms with van der Waals surface area (Å²) < 4.78 is 46.6. The Bertz CT molecular complexity index is 1200. The van der Waals surface area contributed by atoms with Gasteiger partial charge in [0.05, 0.1) is 11.9 Å². The molecule has 4 rings (SSSR count). The van der Waals surface area contributed by atoms with Gasteiger partial charge in [-0.2, -0.15) is 10.1 Å². The fraction of sp³-hybridized carbons (Fsp3) is 0.542. The Labute approximate surface area is 223 Å². The van der Waals surface area contributed by atoms with Crippen LogP contribution in [0.3, 0.4) is 0 Å². The molecule has 11 nitrogen and oxygen atoms in total. The van der Waals surface area contributed by atoms with Gasteiger partial charge in [-0.1, -0.05) is 24.6 Å². The van der Waals surface area contributed by atoms with Crippen LogP contribution in [0.5, 0.6) is 5.75 Å². The molecule has 1 aromatic carbocycles. The number of thioether (sulfide) groups is 1. The molecule has 2 aromatic rings. The third-order valence-electron chi connectivity index (χ3n) is 6.34.